The van der Waals surface area contributed by atoms with E-state index in [9.17, 15) is 8.42 Å². The fraction of sp³-hybridized carbons (Fsp3) is 0.583. The Morgan fingerprint density at radius 2 is 2.20 bits per heavy atom. The van der Waals surface area contributed by atoms with Crippen molar-refractivity contribution in [3.8, 4) is 0 Å². The van der Waals surface area contributed by atoms with Gasteiger partial charge in [0.1, 0.15) is 10.7 Å². The fourth-order valence-electron chi connectivity index (χ4n) is 2.29. The Hall–Kier alpha value is -0.700. The van der Waals surface area contributed by atoms with Gasteiger partial charge in [-0.2, -0.15) is 4.31 Å². The number of halogens is 1. The number of rotatable bonds is 4. The SMILES string of the molecule is CNc1ncc(Br)cc1S(=O)(=O)N1CCC(N(C)C)C1. The Bertz CT molecular complexity index is 591. The number of nitrogens with zero attached hydrogens (tertiary/aromatic N) is 3. The standard InChI is InChI=1S/C12H19BrN4O2S/c1-14-12-11(6-9(13)7-15-12)20(18,19)17-5-4-10(8-17)16(2)3/h6-7,10H,4-5,8H2,1-3H3,(H,14,15). The number of hydrogen-bond donors (Lipinski definition) is 1. The van der Waals surface area contributed by atoms with E-state index in [1.807, 2.05) is 14.1 Å². The second-order valence-electron chi connectivity index (χ2n) is 5.02. The van der Waals surface area contributed by atoms with Gasteiger partial charge in [-0.15, -0.1) is 0 Å². The van der Waals surface area contributed by atoms with Gasteiger partial charge in [0.25, 0.3) is 0 Å². The number of likely N-dealkylation sites (N-methyl/N-ethyl adjacent to an activating group) is 1. The first-order valence-corrected chi connectivity index (χ1v) is 8.59. The highest BCUT2D eigenvalue weighted by Crippen LogP contribution is 2.28. The predicted octanol–water partition coefficient (Wildman–Crippen LogP) is 1.21. The third-order valence-electron chi connectivity index (χ3n) is 3.53. The van der Waals surface area contributed by atoms with Gasteiger partial charge in [-0.1, -0.05) is 0 Å². The highest BCUT2D eigenvalue weighted by atomic mass is 79.9. The molecule has 1 aliphatic rings. The third kappa shape index (κ3) is 2.98. The molecule has 8 heteroatoms. The molecule has 2 rings (SSSR count). The van der Waals surface area contributed by atoms with Gasteiger partial charge in [-0.25, -0.2) is 13.4 Å². The zero-order valence-electron chi connectivity index (χ0n) is 11.8. The largest absolute Gasteiger partial charge is 0.372 e. The molecule has 1 fully saturated rings. The van der Waals surface area contributed by atoms with Crippen molar-refractivity contribution < 1.29 is 8.42 Å². The number of hydrogen-bond acceptors (Lipinski definition) is 5. The van der Waals surface area contributed by atoms with E-state index in [-0.39, 0.29) is 10.9 Å². The summed E-state index contributed by atoms with van der Waals surface area (Å²) in [4.78, 5) is 6.39. The van der Waals surface area contributed by atoms with Crippen molar-refractivity contribution in [1.82, 2.24) is 14.2 Å². The summed E-state index contributed by atoms with van der Waals surface area (Å²) in [5, 5.41) is 2.84. The highest BCUT2D eigenvalue weighted by Gasteiger charge is 2.35. The van der Waals surface area contributed by atoms with Crippen molar-refractivity contribution in [3.63, 3.8) is 0 Å². The smallest absolute Gasteiger partial charge is 0.246 e. The van der Waals surface area contributed by atoms with Crippen molar-refractivity contribution in [1.29, 1.82) is 0 Å². The average Bonchev–Trinajstić information content (AvgIpc) is 2.89. The second kappa shape index (κ2) is 5.97. The molecule has 0 spiro atoms. The van der Waals surface area contributed by atoms with Crippen molar-refractivity contribution in [2.24, 2.45) is 0 Å². The van der Waals surface area contributed by atoms with Crippen molar-refractivity contribution in [2.75, 3.05) is 39.5 Å². The molecular weight excluding hydrogens is 344 g/mol. The molecule has 0 bridgehead atoms. The molecule has 1 N–H and O–H groups in total. The van der Waals surface area contributed by atoms with Crippen LogP contribution in [0.15, 0.2) is 21.6 Å². The van der Waals surface area contributed by atoms with Gasteiger partial charge in [0.05, 0.1) is 0 Å². The van der Waals surface area contributed by atoms with E-state index in [0.29, 0.717) is 23.4 Å². The van der Waals surface area contributed by atoms with E-state index in [0.717, 1.165) is 6.42 Å². The Balaban J connectivity index is 2.34. The van der Waals surface area contributed by atoms with E-state index in [1.54, 1.807) is 19.3 Å². The van der Waals surface area contributed by atoms with E-state index in [1.165, 1.54) is 4.31 Å². The van der Waals surface area contributed by atoms with Crippen LogP contribution in [0, 0.1) is 0 Å². The summed E-state index contributed by atoms with van der Waals surface area (Å²) in [7, 11) is 2.10. The summed E-state index contributed by atoms with van der Waals surface area (Å²) >= 11 is 3.28. The van der Waals surface area contributed by atoms with Gasteiger partial charge in [-0.05, 0) is 42.5 Å². The van der Waals surface area contributed by atoms with Gasteiger partial charge in [0.2, 0.25) is 10.0 Å². The van der Waals surface area contributed by atoms with E-state index < -0.39 is 10.0 Å². The van der Waals surface area contributed by atoms with Crippen LogP contribution in [0.4, 0.5) is 5.82 Å². The van der Waals surface area contributed by atoms with Gasteiger partial charge < -0.3 is 10.2 Å². The van der Waals surface area contributed by atoms with Crippen LogP contribution in [-0.2, 0) is 10.0 Å². The normalized spacial score (nSPS) is 20.6. The minimum Gasteiger partial charge on any atom is -0.372 e. The summed E-state index contributed by atoms with van der Waals surface area (Å²) < 4.78 is 27.7. The second-order valence-corrected chi connectivity index (χ2v) is 7.84. The summed E-state index contributed by atoms with van der Waals surface area (Å²) in [6.45, 7) is 1.06. The number of nitrogens with one attached hydrogen (secondary N) is 1. The minimum absolute atomic E-state index is 0.216. The molecule has 1 aromatic rings. The summed E-state index contributed by atoms with van der Waals surface area (Å²) in [5.41, 5.74) is 0. The maximum Gasteiger partial charge on any atom is 0.246 e. The number of aromatic nitrogens is 1. The molecule has 6 nitrogen and oxygen atoms in total. The van der Waals surface area contributed by atoms with Crippen LogP contribution < -0.4 is 5.32 Å². The lowest BCUT2D eigenvalue weighted by Gasteiger charge is -2.21. The molecule has 20 heavy (non-hydrogen) atoms. The summed E-state index contributed by atoms with van der Waals surface area (Å²) in [6, 6.07) is 1.86. The maximum absolute atomic E-state index is 12.7. The Morgan fingerprint density at radius 3 is 2.75 bits per heavy atom. The van der Waals surface area contributed by atoms with Crippen molar-refractivity contribution in [3.05, 3.63) is 16.7 Å². The summed E-state index contributed by atoms with van der Waals surface area (Å²) in [5.74, 6) is 0.376. The van der Waals surface area contributed by atoms with Crippen LogP contribution in [0.25, 0.3) is 0 Å². The monoisotopic (exact) mass is 362 g/mol. The first-order valence-electron chi connectivity index (χ1n) is 6.36. The van der Waals surface area contributed by atoms with Gasteiger partial charge in [0, 0.05) is 36.8 Å². The van der Waals surface area contributed by atoms with Crippen molar-refractivity contribution in [2.45, 2.75) is 17.4 Å². The quantitative estimate of drug-likeness (QED) is 0.871. The maximum atomic E-state index is 12.7. The summed E-state index contributed by atoms with van der Waals surface area (Å²) in [6.07, 6.45) is 2.43. The van der Waals surface area contributed by atoms with Crippen LogP contribution >= 0.6 is 15.9 Å². The van der Waals surface area contributed by atoms with Crippen LogP contribution in [0.3, 0.4) is 0 Å². The minimum atomic E-state index is -3.52. The molecule has 1 saturated heterocycles. The first-order chi connectivity index (χ1) is 9.36. The molecule has 1 atom stereocenters. The van der Waals surface area contributed by atoms with Gasteiger partial charge in [-0.3, -0.25) is 0 Å². The van der Waals surface area contributed by atoms with E-state index in [2.05, 4.69) is 31.1 Å². The lowest BCUT2D eigenvalue weighted by Crippen LogP contribution is -2.34. The Labute approximate surface area is 128 Å². The van der Waals surface area contributed by atoms with E-state index >= 15 is 0 Å². The molecule has 112 valence electrons. The molecule has 0 radical (unpaired) electrons. The molecule has 0 aliphatic carbocycles. The number of sulfonamides is 1. The van der Waals surface area contributed by atoms with Gasteiger partial charge >= 0.3 is 0 Å². The topological polar surface area (TPSA) is 65.5 Å². The average molecular weight is 363 g/mol. The zero-order valence-corrected chi connectivity index (χ0v) is 14.2. The number of anilines is 1. The lowest BCUT2D eigenvalue weighted by molar-refractivity contribution is 0.302. The molecule has 0 aromatic carbocycles. The molecule has 1 aliphatic heterocycles. The fourth-order valence-corrected chi connectivity index (χ4v) is 4.44. The van der Waals surface area contributed by atoms with Crippen LogP contribution in [-0.4, -0.2) is 62.9 Å². The molecule has 2 heterocycles. The predicted molar refractivity (Wildman–Crippen MR) is 82.3 cm³/mol. The van der Waals surface area contributed by atoms with Crippen LogP contribution in [0.2, 0.25) is 0 Å². The number of pyridine rings is 1. The van der Waals surface area contributed by atoms with E-state index in [4.69, 9.17) is 0 Å². The molecule has 0 amide bonds. The molecule has 0 saturated carbocycles. The Morgan fingerprint density at radius 1 is 1.50 bits per heavy atom. The first kappa shape index (κ1) is 15.7. The molecule has 1 aromatic heterocycles. The van der Waals surface area contributed by atoms with Crippen LogP contribution in [0.5, 0.6) is 0 Å². The molecular formula is C12H19BrN4O2S. The van der Waals surface area contributed by atoms with Crippen molar-refractivity contribution >= 4 is 31.8 Å². The third-order valence-corrected chi connectivity index (χ3v) is 5.84. The van der Waals surface area contributed by atoms with Crippen LogP contribution in [0.1, 0.15) is 6.42 Å². The highest BCUT2D eigenvalue weighted by molar-refractivity contribution is 9.10. The lowest BCUT2D eigenvalue weighted by atomic mass is 10.2. The zero-order chi connectivity index (χ0) is 14.9. The Kier molecular flexibility index (Phi) is 4.68. The van der Waals surface area contributed by atoms with Gasteiger partial charge in [0.15, 0.2) is 0 Å². The molecule has 1 unspecified atom stereocenters.